The van der Waals surface area contributed by atoms with Crippen LogP contribution in [0.3, 0.4) is 0 Å². The van der Waals surface area contributed by atoms with Gasteiger partial charge in [-0.2, -0.15) is 0 Å². The molecule has 1 aromatic rings. The highest BCUT2D eigenvalue weighted by atomic mass is 35.5. The molecule has 1 aromatic carbocycles. The molecule has 6 heteroatoms. The van der Waals surface area contributed by atoms with E-state index in [1.165, 1.54) is 0 Å². The molecule has 106 valence electrons. The van der Waals surface area contributed by atoms with Gasteiger partial charge >= 0.3 is 6.03 Å². The van der Waals surface area contributed by atoms with Gasteiger partial charge in [0, 0.05) is 42.2 Å². The number of nitrogens with one attached hydrogen (secondary N) is 2. The molecule has 2 fully saturated rings. The molecule has 1 atom stereocenters. The van der Waals surface area contributed by atoms with E-state index in [4.69, 9.17) is 11.6 Å². The number of rotatable bonds is 1. The maximum absolute atomic E-state index is 12.2. The Bertz CT molecular complexity index is 546. The first kappa shape index (κ1) is 13.2. The number of urea groups is 1. The van der Waals surface area contributed by atoms with Crippen LogP contribution in [-0.4, -0.2) is 36.5 Å². The number of carbonyl (C=O) groups is 2. The molecule has 2 aliphatic rings. The van der Waals surface area contributed by atoms with Gasteiger partial charge in [0.25, 0.3) is 0 Å². The lowest BCUT2D eigenvalue weighted by molar-refractivity contribution is -0.119. The molecule has 2 N–H and O–H groups in total. The molecule has 0 aliphatic carbocycles. The number of benzene rings is 1. The number of nitrogens with zero attached hydrogens (tertiary/aromatic N) is 1. The summed E-state index contributed by atoms with van der Waals surface area (Å²) in [5.74, 6) is 0.0879. The maximum Gasteiger partial charge on any atom is 0.321 e. The van der Waals surface area contributed by atoms with Gasteiger partial charge in [0.2, 0.25) is 5.91 Å². The van der Waals surface area contributed by atoms with E-state index in [0.717, 1.165) is 12.1 Å². The molecule has 0 radical (unpaired) electrons. The summed E-state index contributed by atoms with van der Waals surface area (Å²) in [4.78, 5) is 25.3. The molecule has 0 saturated carbocycles. The van der Waals surface area contributed by atoms with Gasteiger partial charge in [0.1, 0.15) is 0 Å². The van der Waals surface area contributed by atoms with E-state index in [1.54, 1.807) is 29.2 Å². The fraction of sp³-hybridized carbons (Fsp3) is 0.429. The Labute approximate surface area is 122 Å². The molecule has 0 bridgehead atoms. The van der Waals surface area contributed by atoms with Crippen molar-refractivity contribution in [3.05, 3.63) is 29.3 Å². The Morgan fingerprint density at radius 3 is 2.75 bits per heavy atom. The number of amides is 3. The van der Waals surface area contributed by atoms with Crippen molar-refractivity contribution in [1.29, 1.82) is 0 Å². The van der Waals surface area contributed by atoms with Gasteiger partial charge in [-0.25, -0.2) is 4.79 Å². The zero-order valence-corrected chi connectivity index (χ0v) is 11.7. The van der Waals surface area contributed by atoms with E-state index in [-0.39, 0.29) is 17.4 Å². The Kier molecular flexibility index (Phi) is 3.30. The number of halogens is 1. The van der Waals surface area contributed by atoms with E-state index in [1.807, 2.05) is 0 Å². The first-order valence-corrected chi connectivity index (χ1v) is 7.02. The molecule has 0 aromatic heterocycles. The predicted octanol–water partition coefficient (Wildman–Crippen LogP) is 2.08. The van der Waals surface area contributed by atoms with Gasteiger partial charge in [-0.3, -0.25) is 4.79 Å². The molecule has 1 unspecified atom stereocenters. The summed E-state index contributed by atoms with van der Waals surface area (Å²) < 4.78 is 0. The Balaban J connectivity index is 1.61. The van der Waals surface area contributed by atoms with Gasteiger partial charge in [-0.1, -0.05) is 11.6 Å². The lowest BCUT2D eigenvalue weighted by Gasteiger charge is -2.22. The van der Waals surface area contributed by atoms with Crippen LogP contribution < -0.4 is 10.6 Å². The van der Waals surface area contributed by atoms with Crippen LogP contribution in [0.4, 0.5) is 10.5 Å². The number of hydrogen-bond donors (Lipinski definition) is 2. The summed E-state index contributed by atoms with van der Waals surface area (Å²) in [6.07, 6.45) is 1.40. The average Bonchev–Trinajstić information content (AvgIpc) is 3.00. The molecular weight excluding hydrogens is 278 g/mol. The highest BCUT2D eigenvalue weighted by Gasteiger charge is 2.45. The summed E-state index contributed by atoms with van der Waals surface area (Å²) in [5.41, 5.74) is 0.662. The zero-order chi connectivity index (χ0) is 14.2. The minimum atomic E-state index is -0.122. The number of anilines is 1. The summed E-state index contributed by atoms with van der Waals surface area (Å²) in [6, 6.07) is 6.90. The first-order chi connectivity index (χ1) is 9.56. The third kappa shape index (κ3) is 2.58. The third-order valence-corrected chi connectivity index (χ3v) is 4.27. The van der Waals surface area contributed by atoms with Crippen molar-refractivity contribution in [2.75, 3.05) is 25.0 Å². The van der Waals surface area contributed by atoms with Crippen LogP contribution in [0.15, 0.2) is 24.3 Å². The minimum absolute atomic E-state index is 0.0611. The maximum atomic E-state index is 12.2. The van der Waals surface area contributed by atoms with E-state index in [9.17, 15) is 9.59 Å². The highest BCUT2D eigenvalue weighted by Crippen LogP contribution is 2.36. The number of carbonyl (C=O) groups excluding carboxylic acids is 2. The zero-order valence-electron chi connectivity index (χ0n) is 11.0. The van der Waals surface area contributed by atoms with Gasteiger partial charge in [-0.05, 0) is 30.7 Å². The molecule has 3 amide bonds. The number of likely N-dealkylation sites (tertiary alicyclic amines) is 1. The Hall–Kier alpha value is -1.75. The van der Waals surface area contributed by atoms with E-state index in [0.29, 0.717) is 31.1 Å². The standard InChI is InChI=1S/C14H16ClN3O2/c15-10-1-3-11(4-2-10)17-13(20)18-6-5-14(9-18)7-12(19)16-8-14/h1-4H,5-9H2,(H,16,19)(H,17,20). The molecule has 2 saturated heterocycles. The smallest absolute Gasteiger partial charge is 0.321 e. The van der Waals surface area contributed by atoms with E-state index in [2.05, 4.69) is 10.6 Å². The van der Waals surface area contributed by atoms with Gasteiger partial charge < -0.3 is 15.5 Å². The summed E-state index contributed by atoms with van der Waals surface area (Å²) >= 11 is 5.81. The lowest BCUT2D eigenvalue weighted by atomic mass is 9.86. The van der Waals surface area contributed by atoms with Crippen LogP contribution >= 0.6 is 11.6 Å². The van der Waals surface area contributed by atoms with E-state index < -0.39 is 0 Å². The van der Waals surface area contributed by atoms with Gasteiger partial charge in [0.15, 0.2) is 0 Å². The summed E-state index contributed by atoms with van der Waals surface area (Å²) in [5, 5.41) is 6.35. The van der Waals surface area contributed by atoms with Crippen molar-refractivity contribution in [1.82, 2.24) is 10.2 Å². The highest BCUT2D eigenvalue weighted by molar-refractivity contribution is 6.30. The SMILES string of the molecule is O=C1CC2(CCN(C(=O)Nc3ccc(Cl)cc3)C2)CN1. The predicted molar refractivity (Wildman–Crippen MR) is 76.7 cm³/mol. The van der Waals surface area contributed by atoms with Crippen LogP contribution in [0.5, 0.6) is 0 Å². The third-order valence-electron chi connectivity index (χ3n) is 4.02. The van der Waals surface area contributed by atoms with Gasteiger partial charge in [0.05, 0.1) is 0 Å². The quantitative estimate of drug-likeness (QED) is 0.833. The van der Waals surface area contributed by atoms with Crippen molar-refractivity contribution in [3.8, 4) is 0 Å². The molecule has 1 spiro atoms. The van der Waals surface area contributed by atoms with Crippen molar-refractivity contribution < 1.29 is 9.59 Å². The fourth-order valence-electron chi connectivity index (χ4n) is 2.88. The molecule has 2 heterocycles. The summed E-state index contributed by atoms with van der Waals surface area (Å²) in [7, 11) is 0. The molecule has 3 rings (SSSR count). The molecule has 20 heavy (non-hydrogen) atoms. The van der Waals surface area contributed by atoms with Crippen LogP contribution in [0.1, 0.15) is 12.8 Å². The second-order valence-electron chi connectivity index (χ2n) is 5.56. The second kappa shape index (κ2) is 4.98. The monoisotopic (exact) mass is 293 g/mol. The fourth-order valence-corrected chi connectivity index (χ4v) is 3.01. The van der Waals surface area contributed by atoms with Crippen LogP contribution in [0, 0.1) is 5.41 Å². The van der Waals surface area contributed by atoms with Crippen molar-refractivity contribution in [2.45, 2.75) is 12.8 Å². The minimum Gasteiger partial charge on any atom is -0.355 e. The number of hydrogen-bond acceptors (Lipinski definition) is 2. The topological polar surface area (TPSA) is 61.4 Å². The molecule has 5 nitrogen and oxygen atoms in total. The first-order valence-electron chi connectivity index (χ1n) is 6.65. The average molecular weight is 294 g/mol. The second-order valence-corrected chi connectivity index (χ2v) is 6.00. The van der Waals surface area contributed by atoms with Gasteiger partial charge in [-0.15, -0.1) is 0 Å². The molecule has 2 aliphatic heterocycles. The summed E-state index contributed by atoms with van der Waals surface area (Å²) in [6.45, 7) is 2.00. The lowest BCUT2D eigenvalue weighted by Crippen LogP contribution is -2.36. The van der Waals surface area contributed by atoms with Crippen molar-refractivity contribution in [3.63, 3.8) is 0 Å². The Morgan fingerprint density at radius 2 is 2.10 bits per heavy atom. The van der Waals surface area contributed by atoms with E-state index >= 15 is 0 Å². The largest absolute Gasteiger partial charge is 0.355 e. The normalized spacial score (nSPS) is 25.1. The Morgan fingerprint density at radius 1 is 1.35 bits per heavy atom. The van der Waals surface area contributed by atoms with Crippen LogP contribution in [-0.2, 0) is 4.79 Å². The van der Waals surface area contributed by atoms with Crippen LogP contribution in [0.25, 0.3) is 0 Å². The molecular formula is C14H16ClN3O2. The van der Waals surface area contributed by atoms with Crippen molar-refractivity contribution >= 4 is 29.2 Å². The van der Waals surface area contributed by atoms with Crippen molar-refractivity contribution in [2.24, 2.45) is 5.41 Å². The van der Waals surface area contributed by atoms with Crippen LogP contribution in [0.2, 0.25) is 5.02 Å².